The summed E-state index contributed by atoms with van der Waals surface area (Å²) in [5.74, 6) is 0.628. The molecule has 0 amide bonds. The Labute approximate surface area is 160 Å². The zero-order chi connectivity index (χ0) is 19.4. The van der Waals surface area contributed by atoms with Crippen molar-refractivity contribution in [2.45, 2.75) is 32.3 Å². The highest BCUT2D eigenvalue weighted by atomic mass is 32.2. The third-order valence-electron chi connectivity index (χ3n) is 4.09. The standard InChI is InChI=1S/C22H23NO3S/c1-16-5-4-6-20(14-16)23-27(24,25)22-9-7-21(8-10-22)26-15-19-12-17(2)11-18(3)13-19/h4-14,23H,15H2,1-3H3. The summed E-state index contributed by atoms with van der Waals surface area (Å²) in [5.41, 5.74) is 5.01. The van der Waals surface area contributed by atoms with Crippen molar-refractivity contribution >= 4 is 15.7 Å². The molecule has 0 aromatic heterocycles. The normalized spacial score (nSPS) is 11.2. The molecule has 0 saturated heterocycles. The predicted molar refractivity (Wildman–Crippen MR) is 109 cm³/mol. The van der Waals surface area contributed by atoms with Gasteiger partial charge in [0.1, 0.15) is 12.4 Å². The lowest BCUT2D eigenvalue weighted by Crippen LogP contribution is -2.12. The Morgan fingerprint density at radius 1 is 0.815 bits per heavy atom. The van der Waals surface area contributed by atoms with Crippen molar-refractivity contribution in [3.63, 3.8) is 0 Å². The third-order valence-corrected chi connectivity index (χ3v) is 5.49. The Hall–Kier alpha value is -2.79. The zero-order valence-electron chi connectivity index (χ0n) is 15.7. The van der Waals surface area contributed by atoms with E-state index in [1.165, 1.54) is 11.1 Å². The van der Waals surface area contributed by atoms with E-state index in [-0.39, 0.29) is 4.90 Å². The van der Waals surface area contributed by atoms with Gasteiger partial charge in [-0.2, -0.15) is 0 Å². The van der Waals surface area contributed by atoms with Gasteiger partial charge >= 0.3 is 0 Å². The summed E-state index contributed by atoms with van der Waals surface area (Å²) in [6.45, 7) is 6.46. The van der Waals surface area contributed by atoms with Gasteiger partial charge in [0, 0.05) is 5.69 Å². The van der Waals surface area contributed by atoms with Crippen molar-refractivity contribution in [1.82, 2.24) is 0 Å². The molecule has 0 aliphatic carbocycles. The van der Waals surface area contributed by atoms with Gasteiger partial charge in [-0.05, 0) is 68.3 Å². The number of nitrogens with one attached hydrogen (secondary N) is 1. The second kappa shape index (κ2) is 7.84. The molecule has 4 nitrogen and oxygen atoms in total. The minimum atomic E-state index is -3.63. The number of hydrogen-bond donors (Lipinski definition) is 1. The van der Waals surface area contributed by atoms with Crippen molar-refractivity contribution in [3.8, 4) is 5.75 Å². The van der Waals surface area contributed by atoms with Gasteiger partial charge in [-0.25, -0.2) is 8.42 Å². The fourth-order valence-corrected chi connectivity index (χ4v) is 4.01. The van der Waals surface area contributed by atoms with Crippen LogP contribution in [0.4, 0.5) is 5.69 Å². The van der Waals surface area contributed by atoms with Gasteiger partial charge in [0.25, 0.3) is 10.0 Å². The smallest absolute Gasteiger partial charge is 0.261 e. The van der Waals surface area contributed by atoms with Gasteiger partial charge in [0.2, 0.25) is 0 Å². The molecule has 0 bridgehead atoms. The number of benzene rings is 3. The Bertz CT molecular complexity index is 1020. The van der Waals surface area contributed by atoms with Gasteiger partial charge in [-0.1, -0.05) is 41.5 Å². The van der Waals surface area contributed by atoms with Crippen LogP contribution in [0.3, 0.4) is 0 Å². The highest BCUT2D eigenvalue weighted by Crippen LogP contribution is 2.21. The van der Waals surface area contributed by atoms with Crippen LogP contribution in [0.1, 0.15) is 22.3 Å². The summed E-state index contributed by atoms with van der Waals surface area (Å²) >= 11 is 0. The molecule has 3 rings (SSSR count). The van der Waals surface area contributed by atoms with Crippen molar-refractivity contribution in [2.24, 2.45) is 0 Å². The number of hydrogen-bond acceptors (Lipinski definition) is 3. The Kier molecular flexibility index (Phi) is 5.51. The van der Waals surface area contributed by atoms with E-state index in [2.05, 4.69) is 36.8 Å². The van der Waals surface area contributed by atoms with E-state index in [0.717, 1.165) is 11.1 Å². The molecule has 3 aromatic carbocycles. The van der Waals surface area contributed by atoms with Crippen LogP contribution in [0.15, 0.2) is 71.6 Å². The fraction of sp³-hybridized carbons (Fsp3) is 0.182. The van der Waals surface area contributed by atoms with Crippen LogP contribution in [0.5, 0.6) is 5.75 Å². The van der Waals surface area contributed by atoms with Crippen molar-refractivity contribution in [1.29, 1.82) is 0 Å². The van der Waals surface area contributed by atoms with Gasteiger partial charge in [-0.15, -0.1) is 0 Å². The summed E-state index contributed by atoms with van der Waals surface area (Å²) < 4.78 is 33.4. The third kappa shape index (κ3) is 5.11. The number of rotatable bonds is 6. The van der Waals surface area contributed by atoms with Crippen LogP contribution in [0.25, 0.3) is 0 Å². The second-order valence-electron chi connectivity index (χ2n) is 6.73. The lowest BCUT2D eigenvalue weighted by Gasteiger charge is -2.11. The molecule has 3 aromatic rings. The van der Waals surface area contributed by atoms with Gasteiger partial charge in [0.05, 0.1) is 4.90 Å². The van der Waals surface area contributed by atoms with Crippen molar-refractivity contribution < 1.29 is 13.2 Å². The van der Waals surface area contributed by atoms with Crippen LogP contribution < -0.4 is 9.46 Å². The molecule has 0 spiro atoms. The average Bonchev–Trinajstić information content (AvgIpc) is 2.59. The van der Waals surface area contributed by atoms with Gasteiger partial charge in [0.15, 0.2) is 0 Å². The first kappa shape index (κ1) is 19.0. The summed E-state index contributed by atoms with van der Waals surface area (Å²) in [5, 5.41) is 0. The van der Waals surface area contributed by atoms with E-state index in [9.17, 15) is 8.42 Å². The topological polar surface area (TPSA) is 55.4 Å². The van der Waals surface area contributed by atoms with Gasteiger partial charge in [-0.3, -0.25) is 4.72 Å². The Balaban J connectivity index is 1.68. The molecule has 140 valence electrons. The molecule has 0 saturated carbocycles. The maximum absolute atomic E-state index is 12.5. The summed E-state index contributed by atoms with van der Waals surface area (Å²) in [4.78, 5) is 0.197. The van der Waals surface area contributed by atoms with Crippen LogP contribution in [-0.4, -0.2) is 8.42 Å². The zero-order valence-corrected chi connectivity index (χ0v) is 16.5. The molecule has 27 heavy (non-hydrogen) atoms. The molecule has 5 heteroatoms. The molecule has 0 aliphatic heterocycles. The highest BCUT2D eigenvalue weighted by Gasteiger charge is 2.14. The molecule has 0 unspecified atom stereocenters. The monoisotopic (exact) mass is 381 g/mol. The van der Waals surface area contributed by atoms with E-state index >= 15 is 0 Å². The SMILES string of the molecule is Cc1cc(C)cc(COc2ccc(S(=O)(=O)Nc3cccc(C)c3)cc2)c1. The summed E-state index contributed by atoms with van der Waals surface area (Å²) in [6, 6.07) is 20.0. The molecule has 0 fully saturated rings. The Morgan fingerprint density at radius 2 is 1.48 bits per heavy atom. The van der Waals surface area contributed by atoms with E-state index < -0.39 is 10.0 Å². The first-order chi connectivity index (χ1) is 12.8. The number of aryl methyl sites for hydroxylation is 3. The van der Waals surface area contributed by atoms with Crippen LogP contribution in [0.2, 0.25) is 0 Å². The average molecular weight is 381 g/mol. The first-order valence-corrected chi connectivity index (χ1v) is 10.2. The molecule has 0 heterocycles. The van der Waals surface area contributed by atoms with Crippen LogP contribution >= 0.6 is 0 Å². The van der Waals surface area contributed by atoms with Crippen LogP contribution in [-0.2, 0) is 16.6 Å². The van der Waals surface area contributed by atoms with E-state index in [1.807, 2.05) is 19.1 Å². The molecule has 1 N–H and O–H groups in total. The number of anilines is 1. The predicted octanol–water partition coefficient (Wildman–Crippen LogP) is 4.99. The minimum absolute atomic E-state index is 0.197. The summed E-state index contributed by atoms with van der Waals surface area (Å²) in [6.07, 6.45) is 0. The molecule has 0 radical (unpaired) electrons. The largest absolute Gasteiger partial charge is 0.489 e. The van der Waals surface area contributed by atoms with E-state index in [4.69, 9.17) is 4.74 Å². The Morgan fingerprint density at radius 3 is 2.11 bits per heavy atom. The molecule has 0 aliphatic rings. The molecular formula is C22H23NO3S. The highest BCUT2D eigenvalue weighted by molar-refractivity contribution is 7.92. The lowest BCUT2D eigenvalue weighted by atomic mass is 10.1. The maximum atomic E-state index is 12.5. The first-order valence-electron chi connectivity index (χ1n) is 8.71. The van der Waals surface area contributed by atoms with Crippen LogP contribution in [0, 0.1) is 20.8 Å². The van der Waals surface area contributed by atoms with Gasteiger partial charge < -0.3 is 4.74 Å². The quantitative estimate of drug-likeness (QED) is 0.654. The summed E-state index contributed by atoms with van der Waals surface area (Å²) in [7, 11) is -3.63. The molecule has 0 atom stereocenters. The lowest BCUT2D eigenvalue weighted by molar-refractivity contribution is 0.306. The molecular weight excluding hydrogens is 358 g/mol. The van der Waals surface area contributed by atoms with Crippen molar-refractivity contribution in [2.75, 3.05) is 4.72 Å². The number of ether oxygens (including phenoxy) is 1. The minimum Gasteiger partial charge on any atom is -0.489 e. The fourth-order valence-electron chi connectivity index (χ4n) is 2.96. The maximum Gasteiger partial charge on any atom is 0.261 e. The van der Waals surface area contributed by atoms with E-state index in [1.54, 1.807) is 36.4 Å². The number of sulfonamides is 1. The second-order valence-corrected chi connectivity index (χ2v) is 8.41. The van der Waals surface area contributed by atoms with E-state index in [0.29, 0.717) is 18.0 Å². The van der Waals surface area contributed by atoms with Crippen molar-refractivity contribution in [3.05, 3.63) is 89.0 Å².